The standard InChI is InChI=1S/C23H23N3O/c1-14-10-17-11-18(13-24)26-22(17)12-21(14)23(27)25-15(2)19-9-5-7-16-6-3-4-8-20(16)19/h3-12,15,26H,13,24H2,1-2H3,(H,25,27)/t15-/m1/s1. The summed E-state index contributed by atoms with van der Waals surface area (Å²) in [7, 11) is 0. The Morgan fingerprint density at radius 1 is 1.07 bits per heavy atom. The summed E-state index contributed by atoms with van der Waals surface area (Å²) in [5.74, 6) is -0.0706. The molecule has 4 aromatic rings. The van der Waals surface area contributed by atoms with E-state index in [1.54, 1.807) is 0 Å². The zero-order chi connectivity index (χ0) is 19.0. The fraction of sp³-hybridized carbons (Fsp3) is 0.174. The molecule has 0 radical (unpaired) electrons. The van der Waals surface area contributed by atoms with Gasteiger partial charge in [0.1, 0.15) is 0 Å². The molecule has 1 aromatic heterocycles. The Morgan fingerprint density at radius 3 is 2.67 bits per heavy atom. The largest absolute Gasteiger partial charge is 0.357 e. The number of aromatic amines is 1. The van der Waals surface area contributed by atoms with Gasteiger partial charge in [-0.05, 0) is 59.3 Å². The van der Waals surface area contributed by atoms with Gasteiger partial charge in [-0.25, -0.2) is 0 Å². The third-order valence-corrected chi connectivity index (χ3v) is 5.12. The molecule has 0 aliphatic rings. The number of carbonyl (C=O) groups is 1. The summed E-state index contributed by atoms with van der Waals surface area (Å²) in [5, 5.41) is 6.57. The number of aromatic nitrogens is 1. The van der Waals surface area contributed by atoms with Gasteiger partial charge in [-0.3, -0.25) is 4.79 Å². The van der Waals surface area contributed by atoms with Gasteiger partial charge in [0, 0.05) is 23.3 Å². The van der Waals surface area contributed by atoms with Gasteiger partial charge in [-0.15, -0.1) is 0 Å². The van der Waals surface area contributed by atoms with Gasteiger partial charge in [0.25, 0.3) is 5.91 Å². The molecule has 1 heterocycles. The van der Waals surface area contributed by atoms with E-state index in [-0.39, 0.29) is 11.9 Å². The van der Waals surface area contributed by atoms with Gasteiger partial charge in [0.2, 0.25) is 0 Å². The molecule has 4 heteroatoms. The number of hydrogen-bond donors (Lipinski definition) is 3. The zero-order valence-electron chi connectivity index (χ0n) is 15.5. The van der Waals surface area contributed by atoms with E-state index in [0.717, 1.165) is 33.1 Å². The number of rotatable bonds is 4. The summed E-state index contributed by atoms with van der Waals surface area (Å²) in [6.45, 7) is 4.44. The van der Waals surface area contributed by atoms with Gasteiger partial charge in [-0.1, -0.05) is 42.5 Å². The summed E-state index contributed by atoms with van der Waals surface area (Å²) < 4.78 is 0. The van der Waals surface area contributed by atoms with Crippen molar-refractivity contribution < 1.29 is 4.79 Å². The van der Waals surface area contributed by atoms with Gasteiger partial charge < -0.3 is 16.0 Å². The lowest BCUT2D eigenvalue weighted by atomic mass is 9.99. The summed E-state index contributed by atoms with van der Waals surface area (Å²) in [6.07, 6.45) is 0. The van der Waals surface area contributed by atoms with Crippen LogP contribution in [0, 0.1) is 6.92 Å². The number of nitrogens with two attached hydrogens (primary N) is 1. The van der Waals surface area contributed by atoms with Crippen LogP contribution in [0.2, 0.25) is 0 Å². The van der Waals surface area contributed by atoms with Crippen molar-refractivity contribution in [1.29, 1.82) is 0 Å². The van der Waals surface area contributed by atoms with E-state index in [9.17, 15) is 4.79 Å². The Hall–Kier alpha value is -3.11. The summed E-state index contributed by atoms with van der Waals surface area (Å²) >= 11 is 0. The van der Waals surface area contributed by atoms with Gasteiger partial charge in [0.05, 0.1) is 6.04 Å². The molecule has 136 valence electrons. The van der Waals surface area contributed by atoms with E-state index in [2.05, 4.69) is 34.6 Å². The highest BCUT2D eigenvalue weighted by Crippen LogP contribution is 2.25. The molecule has 0 saturated carbocycles. The first-order chi connectivity index (χ1) is 13.1. The van der Waals surface area contributed by atoms with Crippen LogP contribution >= 0.6 is 0 Å². The molecule has 4 rings (SSSR count). The first-order valence-corrected chi connectivity index (χ1v) is 9.17. The lowest BCUT2D eigenvalue weighted by Crippen LogP contribution is -2.27. The van der Waals surface area contributed by atoms with Crippen molar-refractivity contribution in [2.45, 2.75) is 26.4 Å². The summed E-state index contributed by atoms with van der Waals surface area (Å²) in [6, 6.07) is 20.3. The number of aryl methyl sites for hydroxylation is 1. The Bertz CT molecular complexity index is 1140. The van der Waals surface area contributed by atoms with Crippen molar-refractivity contribution in [3.05, 3.63) is 83.0 Å². The summed E-state index contributed by atoms with van der Waals surface area (Å²) in [5.41, 5.74) is 10.4. The Balaban J connectivity index is 1.65. The first-order valence-electron chi connectivity index (χ1n) is 9.17. The Kier molecular flexibility index (Phi) is 4.42. The number of benzene rings is 3. The number of H-pyrrole nitrogens is 1. The zero-order valence-corrected chi connectivity index (χ0v) is 15.5. The smallest absolute Gasteiger partial charge is 0.252 e. The van der Waals surface area contributed by atoms with E-state index in [1.165, 1.54) is 5.39 Å². The molecular weight excluding hydrogens is 334 g/mol. The molecule has 3 aromatic carbocycles. The van der Waals surface area contributed by atoms with Crippen molar-refractivity contribution in [2.75, 3.05) is 0 Å². The highest BCUT2D eigenvalue weighted by atomic mass is 16.1. The fourth-order valence-corrected chi connectivity index (χ4v) is 3.69. The highest BCUT2D eigenvalue weighted by Gasteiger charge is 2.16. The molecule has 27 heavy (non-hydrogen) atoms. The maximum Gasteiger partial charge on any atom is 0.252 e. The van der Waals surface area contributed by atoms with Crippen LogP contribution < -0.4 is 11.1 Å². The second kappa shape index (κ2) is 6.89. The second-order valence-electron chi connectivity index (χ2n) is 7.02. The number of hydrogen-bond acceptors (Lipinski definition) is 2. The molecule has 1 atom stereocenters. The molecule has 0 aliphatic carbocycles. The maximum atomic E-state index is 13.0. The van der Waals surface area contributed by atoms with Crippen LogP contribution in [0.5, 0.6) is 0 Å². The Morgan fingerprint density at radius 2 is 1.85 bits per heavy atom. The predicted molar refractivity (Wildman–Crippen MR) is 111 cm³/mol. The third kappa shape index (κ3) is 3.20. The van der Waals surface area contributed by atoms with Crippen molar-refractivity contribution in [3.8, 4) is 0 Å². The van der Waals surface area contributed by atoms with Crippen molar-refractivity contribution in [2.24, 2.45) is 5.73 Å². The van der Waals surface area contributed by atoms with Crippen LogP contribution in [0.15, 0.2) is 60.7 Å². The minimum absolute atomic E-state index is 0.0706. The number of nitrogens with one attached hydrogen (secondary N) is 2. The van der Waals surface area contributed by atoms with Gasteiger partial charge in [0.15, 0.2) is 0 Å². The molecule has 0 bridgehead atoms. The molecule has 0 aliphatic heterocycles. The monoisotopic (exact) mass is 357 g/mol. The molecular formula is C23H23N3O. The minimum atomic E-state index is -0.0954. The van der Waals surface area contributed by atoms with Crippen LogP contribution in [-0.4, -0.2) is 10.9 Å². The molecule has 0 unspecified atom stereocenters. The van der Waals surface area contributed by atoms with Crippen LogP contribution in [-0.2, 0) is 6.54 Å². The third-order valence-electron chi connectivity index (χ3n) is 5.12. The van der Waals surface area contributed by atoms with E-state index in [1.807, 2.05) is 50.2 Å². The molecule has 4 nitrogen and oxygen atoms in total. The van der Waals surface area contributed by atoms with Crippen molar-refractivity contribution >= 4 is 27.6 Å². The average Bonchev–Trinajstić information content (AvgIpc) is 3.08. The van der Waals surface area contributed by atoms with Crippen LogP contribution in [0.1, 0.15) is 40.1 Å². The summed E-state index contributed by atoms with van der Waals surface area (Å²) in [4.78, 5) is 16.2. The van der Waals surface area contributed by atoms with Crippen LogP contribution in [0.3, 0.4) is 0 Å². The van der Waals surface area contributed by atoms with Crippen LogP contribution in [0.25, 0.3) is 21.7 Å². The van der Waals surface area contributed by atoms with Crippen LogP contribution in [0.4, 0.5) is 0 Å². The minimum Gasteiger partial charge on any atom is -0.357 e. The lowest BCUT2D eigenvalue weighted by Gasteiger charge is -2.17. The van der Waals surface area contributed by atoms with E-state index in [4.69, 9.17) is 5.73 Å². The molecule has 0 saturated heterocycles. The first kappa shape index (κ1) is 17.3. The van der Waals surface area contributed by atoms with Gasteiger partial charge >= 0.3 is 0 Å². The number of fused-ring (bicyclic) bond motifs is 2. The van der Waals surface area contributed by atoms with E-state index < -0.39 is 0 Å². The molecule has 0 fully saturated rings. The van der Waals surface area contributed by atoms with Gasteiger partial charge in [-0.2, -0.15) is 0 Å². The fourth-order valence-electron chi connectivity index (χ4n) is 3.69. The van der Waals surface area contributed by atoms with Crippen molar-refractivity contribution in [3.63, 3.8) is 0 Å². The number of carbonyl (C=O) groups excluding carboxylic acids is 1. The SMILES string of the molecule is Cc1cc2cc(CN)[nH]c2cc1C(=O)N[C@H](C)c1cccc2ccccc12. The average molecular weight is 357 g/mol. The molecule has 1 amide bonds. The second-order valence-corrected chi connectivity index (χ2v) is 7.02. The quantitative estimate of drug-likeness (QED) is 0.500. The maximum absolute atomic E-state index is 13.0. The van der Waals surface area contributed by atoms with E-state index in [0.29, 0.717) is 12.1 Å². The normalized spacial score (nSPS) is 12.4. The lowest BCUT2D eigenvalue weighted by molar-refractivity contribution is 0.0939. The van der Waals surface area contributed by atoms with Crippen molar-refractivity contribution in [1.82, 2.24) is 10.3 Å². The molecule has 4 N–H and O–H groups in total. The van der Waals surface area contributed by atoms with E-state index >= 15 is 0 Å². The molecule has 0 spiro atoms. The number of amides is 1. The topological polar surface area (TPSA) is 70.9 Å². The highest BCUT2D eigenvalue weighted by molar-refractivity contribution is 6.00. The Labute approximate surface area is 158 Å². The predicted octanol–water partition coefficient (Wildman–Crippen LogP) is 4.58.